The van der Waals surface area contributed by atoms with Gasteiger partial charge in [-0.3, -0.25) is 9.59 Å². The predicted octanol–water partition coefficient (Wildman–Crippen LogP) is 19.8. The second kappa shape index (κ2) is 59.9. The molecule has 0 fully saturated rings. The Morgan fingerprint density at radius 1 is 0.386 bits per heavy atom. The van der Waals surface area contributed by atoms with E-state index in [0.717, 1.165) is 44.9 Å². The molecule has 0 saturated carbocycles. The lowest BCUT2D eigenvalue weighted by Crippen LogP contribution is -2.45. The number of allylic oxidation sites excluding steroid dienone is 4. The van der Waals surface area contributed by atoms with Crippen molar-refractivity contribution in [2.24, 2.45) is 0 Å². The van der Waals surface area contributed by atoms with Crippen molar-refractivity contribution in [3.63, 3.8) is 0 Å². The van der Waals surface area contributed by atoms with Crippen LogP contribution in [0.25, 0.3) is 0 Å². The zero-order valence-corrected chi connectivity index (χ0v) is 47.3. The van der Waals surface area contributed by atoms with Gasteiger partial charge in [0.15, 0.2) is 0 Å². The molecular formula is C64H123NO5. The number of carbonyl (C=O) groups excluding carboxylic acids is 2. The van der Waals surface area contributed by atoms with Gasteiger partial charge in [0.1, 0.15) is 0 Å². The van der Waals surface area contributed by atoms with Gasteiger partial charge in [0.05, 0.1) is 25.4 Å². The average molecular weight is 987 g/mol. The van der Waals surface area contributed by atoms with Gasteiger partial charge in [0, 0.05) is 12.8 Å². The van der Waals surface area contributed by atoms with Gasteiger partial charge in [0.25, 0.3) is 0 Å². The quantitative estimate of drug-likeness (QED) is 0.0321. The van der Waals surface area contributed by atoms with E-state index in [1.54, 1.807) is 0 Å². The number of hydrogen-bond acceptors (Lipinski definition) is 5. The van der Waals surface area contributed by atoms with E-state index in [0.29, 0.717) is 25.9 Å². The van der Waals surface area contributed by atoms with Crippen molar-refractivity contribution in [1.82, 2.24) is 5.32 Å². The van der Waals surface area contributed by atoms with Crippen molar-refractivity contribution in [3.8, 4) is 0 Å². The van der Waals surface area contributed by atoms with E-state index >= 15 is 0 Å². The Bertz CT molecular complexity index is 1090. The van der Waals surface area contributed by atoms with E-state index in [-0.39, 0.29) is 18.5 Å². The molecule has 0 aromatic heterocycles. The molecule has 70 heavy (non-hydrogen) atoms. The molecule has 0 radical (unpaired) electrons. The van der Waals surface area contributed by atoms with E-state index < -0.39 is 12.1 Å². The summed E-state index contributed by atoms with van der Waals surface area (Å²) in [5.74, 6) is -0.0266. The Labute approximate surface area is 437 Å². The molecule has 1 amide bonds. The average Bonchev–Trinajstić information content (AvgIpc) is 3.36. The number of aliphatic hydroxyl groups is 2. The summed E-state index contributed by atoms with van der Waals surface area (Å²) >= 11 is 0. The summed E-state index contributed by atoms with van der Waals surface area (Å²) in [6.07, 6.45) is 73.5. The molecule has 0 saturated heterocycles. The van der Waals surface area contributed by atoms with Crippen molar-refractivity contribution >= 4 is 11.9 Å². The van der Waals surface area contributed by atoms with E-state index in [1.807, 2.05) is 0 Å². The van der Waals surface area contributed by atoms with Crippen LogP contribution in [0.2, 0.25) is 0 Å². The number of esters is 1. The molecule has 0 rings (SSSR count). The zero-order valence-electron chi connectivity index (χ0n) is 47.3. The minimum atomic E-state index is -0.662. The molecular weight excluding hydrogens is 863 g/mol. The predicted molar refractivity (Wildman–Crippen MR) is 306 cm³/mol. The zero-order chi connectivity index (χ0) is 50.7. The fourth-order valence-corrected chi connectivity index (χ4v) is 9.87. The summed E-state index contributed by atoms with van der Waals surface area (Å²) in [5.41, 5.74) is 0. The van der Waals surface area contributed by atoms with Crippen LogP contribution in [0.15, 0.2) is 24.3 Å². The normalized spacial score (nSPS) is 12.7. The van der Waals surface area contributed by atoms with Gasteiger partial charge in [-0.25, -0.2) is 0 Å². The molecule has 2 unspecified atom stereocenters. The number of rotatable bonds is 59. The molecule has 0 heterocycles. The van der Waals surface area contributed by atoms with Crippen LogP contribution < -0.4 is 5.32 Å². The smallest absolute Gasteiger partial charge is 0.305 e. The fourth-order valence-electron chi connectivity index (χ4n) is 9.87. The standard InChI is InChI=1S/C64H123NO5/c1-3-5-7-9-11-13-15-33-38-42-46-50-54-58-64(69)70-59-55-51-47-43-39-35-32-30-28-26-24-22-20-18-16-17-19-21-23-25-27-29-31-34-37-41-45-49-53-57-63(68)65-61(60-66)62(67)56-52-48-44-40-36-14-12-10-8-6-4-2/h13,15-16,18,61-62,66-67H,3-12,14,17,19-60H2,1-2H3,(H,65,68)/b15-13-,18-16-. The fraction of sp³-hybridized carbons (Fsp3) is 0.906. The molecule has 2 atom stereocenters. The van der Waals surface area contributed by atoms with Crippen molar-refractivity contribution < 1.29 is 24.5 Å². The van der Waals surface area contributed by atoms with Gasteiger partial charge in [0.2, 0.25) is 5.91 Å². The Hall–Kier alpha value is -1.66. The summed E-state index contributed by atoms with van der Waals surface area (Å²) < 4.78 is 5.47. The van der Waals surface area contributed by atoms with E-state index in [9.17, 15) is 19.8 Å². The molecule has 6 heteroatoms. The van der Waals surface area contributed by atoms with Crippen LogP contribution in [0.3, 0.4) is 0 Å². The lowest BCUT2D eigenvalue weighted by molar-refractivity contribution is -0.143. The largest absolute Gasteiger partial charge is 0.466 e. The molecule has 0 aliphatic rings. The van der Waals surface area contributed by atoms with Gasteiger partial charge >= 0.3 is 5.97 Å². The number of aliphatic hydroxyl groups excluding tert-OH is 2. The highest BCUT2D eigenvalue weighted by Crippen LogP contribution is 2.18. The van der Waals surface area contributed by atoms with Crippen LogP contribution in [0.4, 0.5) is 0 Å². The van der Waals surface area contributed by atoms with Gasteiger partial charge in [-0.05, 0) is 77.0 Å². The summed E-state index contributed by atoms with van der Waals surface area (Å²) in [6, 6.07) is -0.539. The first-order valence-electron chi connectivity index (χ1n) is 31.6. The molecule has 0 bridgehead atoms. The van der Waals surface area contributed by atoms with Crippen molar-refractivity contribution in [2.45, 2.75) is 360 Å². The molecule has 0 aromatic carbocycles. The van der Waals surface area contributed by atoms with Crippen LogP contribution in [0.1, 0.15) is 348 Å². The highest BCUT2D eigenvalue weighted by molar-refractivity contribution is 5.76. The van der Waals surface area contributed by atoms with Crippen LogP contribution in [-0.2, 0) is 14.3 Å². The Morgan fingerprint density at radius 2 is 0.671 bits per heavy atom. The minimum Gasteiger partial charge on any atom is -0.466 e. The molecule has 3 N–H and O–H groups in total. The maximum absolute atomic E-state index is 12.4. The first kappa shape index (κ1) is 68.3. The van der Waals surface area contributed by atoms with Gasteiger partial charge in [-0.1, -0.05) is 282 Å². The Morgan fingerprint density at radius 3 is 1.03 bits per heavy atom. The topological polar surface area (TPSA) is 95.9 Å². The van der Waals surface area contributed by atoms with Crippen molar-refractivity contribution in [1.29, 1.82) is 0 Å². The number of unbranched alkanes of at least 4 members (excludes halogenated alkanes) is 44. The lowest BCUT2D eigenvalue weighted by atomic mass is 10.0. The molecule has 6 nitrogen and oxygen atoms in total. The third kappa shape index (κ3) is 55.7. The number of amides is 1. The summed E-state index contributed by atoms with van der Waals surface area (Å²) in [7, 11) is 0. The van der Waals surface area contributed by atoms with Crippen molar-refractivity contribution in [2.75, 3.05) is 13.2 Å². The highest BCUT2D eigenvalue weighted by atomic mass is 16.5. The van der Waals surface area contributed by atoms with Gasteiger partial charge < -0.3 is 20.3 Å². The Balaban J connectivity index is 3.35. The van der Waals surface area contributed by atoms with Crippen LogP contribution in [-0.4, -0.2) is 47.4 Å². The summed E-state index contributed by atoms with van der Waals surface area (Å²) in [4.78, 5) is 24.5. The van der Waals surface area contributed by atoms with Crippen LogP contribution >= 0.6 is 0 Å². The maximum atomic E-state index is 12.4. The number of hydrogen-bond donors (Lipinski definition) is 3. The monoisotopic (exact) mass is 986 g/mol. The van der Waals surface area contributed by atoms with Gasteiger partial charge in [-0.15, -0.1) is 0 Å². The third-order valence-electron chi connectivity index (χ3n) is 14.7. The second-order valence-corrected chi connectivity index (χ2v) is 21.7. The maximum Gasteiger partial charge on any atom is 0.305 e. The number of ether oxygens (including phenoxy) is 1. The van der Waals surface area contributed by atoms with Gasteiger partial charge in [-0.2, -0.15) is 0 Å². The lowest BCUT2D eigenvalue weighted by Gasteiger charge is -2.22. The van der Waals surface area contributed by atoms with E-state index in [4.69, 9.17) is 4.74 Å². The van der Waals surface area contributed by atoms with Crippen molar-refractivity contribution in [3.05, 3.63) is 24.3 Å². The summed E-state index contributed by atoms with van der Waals surface area (Å²) in [5, 5.41) is 23.2. The Kier molecular flexibility index (Phi) is 58.5. The first-order chi connectivity index (χ1) is 34.5. The molecule has 0 aromatic rings. The molecule has 0 spiro atoms. The number of nitrogens with one attached hydrogen (secondary N) is 1. The summed E-state index contributed by atoms with van der Waals surface area (Å²) in [6.45, 7) is 4.94. The molecule has 414 valence electrons. The van der Waals surface area contributed by atoms with E-state index in [1.165, 1.54) is 270 Å². The third-order valence-corrected chi connectivity index (χ3v) is 14.7. The van der Waals surface area contributed by atoms with Crippen LogP contribution in [0.5, 0.6) is 0 Å². The molecule has 0 aliphatic heterocycles. The first-order valence-corrected chi connectivity index (χ1v) is 31.6. The second-order valence-electron chi connectivity index (χ2n) is 21.7. The van der Waals surface area contributed by atoms with E-state index in [2.05, 4.69) is 43.5 Å². The highest BCUT2D eigenvalue weighted by Gasteiger charge is 2.20. The SMILES string of the molecule is CCCCCC/C=C\CCCCCCCC(=O)OCCCCCCCCCCCCCC/C=C\CCCCCCCCCCCCCCCC(=O)NC(CO)C(O)CCCCCCCCCCCCC. The minimum absolute atomic E-state index is 0.00737. The number of carbonyl (C=O) groups is 2. The molecule has 0 aliphatic carbocycles. The van der Waals surface area contributed by atoms with Crippen LogP contribution in [0, 0.1) is 0 Å².